The predicted octanol–water partition coefficient (Wildman–Crippen LogP) is 1.89. The van der Waals surface area contributed by atoms with E-state index in [2.05, 4.69) is 27.9 Å². The van der Waals surface area contributed by atoms with E-state index in [-0.39, 0.29) is 0 Å². The molecular weight excluding hydrogens is 214 g/mol. The van der Waals surface area contributed by atoms with Gasteiger partial charge in [0, 0.05) is 12.6 Å². The number of aryl methyl sites for hydroxylation is 1. The number of nitrogens with one attached hydrogen (secondary N) is 1. The van der Waals surface area contributed by atoms with Crippen molar-refractivity contribution in [3.63, 3.8) is 0 Å². The first kappa shape index (κ1) is 10.6. The highest BCUT2D eigenvalue weighted by atomic mass is 16.5. The summed E-state index contributed by atoms with van der Waals surface area (Å²) in [5.74, 6) is 1.92. The van der Waals surface area contributed by atoms with Crippen molar-refractivity contribution in [1.82, 2.24) is 14.9 Å². The molecule has 0 amide bonds. The van der Waals surface area contributed by atoms with Crippen LogP contribution in [0, 0.1) is 6.92 Å². The van der Waals surface area contributed by atoms with Gasteiger partial charge in [-0.15, -0.1) is 0 Å². The number of hydrogen-bond donors (Lipinski definition) is 1. The van der Waals surface area contributed by atoms with Gasteiger partial charge >= 0.3 is 0 Å². The Hall–Kier alpha value is -1.55. The average Bonchev–Trinajstić information content (AvgIpc) is 2.93. The lowest BCUT2D eigenvalue weighted by Crippen LogP contribution is -2.14. The summed E-state index contributed by atoms with van der Waals surface area (Å²) in [4.78, 5) is 4.64. The van der Waals surface area contributed by atoms with E-state index >= 15 is 0 Å². The zero-order valence-electron chi connectivity index (χ0n) is 10.2. The van der Waals surface area contributed by atoms with Gasteiger partial charge in [0.05, 0.1) is 12.6 Å². The number of aromatic nitrogens is 2. The Bertz CT molecular complexity index is 541. The molecule has 2 aromatic rings. The fourth-order valence-corrected chi connectivity index (χ4v) is 2.69. The van der Waals surface area contributed by atoms with Gasteiger partial charge in [0.15, 0.2) is 0 Å². The molecule has 0 saturated carbocycles. The summed E-state index contributed by atoms with van der Waals surface area (Å²) in [5, 5.41) is 3.40. The van der Waals surface area contributed by atoms with Crippen LogP contribution in [0.2, 0.25) is 0 Å². The molecule has 4 heteroatoms. The number of nitrogens with zero attached hydrogens (tertiary/aromatic N) is 2. The number of imidazole rings is 1. The number of methoxy groups -OCH3 is 1. The second-order valence-corrected chi connectivity index (χ2v) is 4.50. The quantitative estimate of drug-likeness (QED) is 0.857. The monoisotopic (exact) mass is 231 g/mol. The van der Waals surface area contributed by atoms with Crippen molar-refractivity contribution in [2.24, 2.45) is 0 Å². The van der Waals surface area contributed by atoms with Gasteiger partial charge in [-0.1, -0.05) is 6.07 Å². The summed E-state index contributed by atoms with van der Waals surface area (Å²) in [5.41, 5.74) is 2.15. The first-order chi connectivity index (χ1) is 8.31. The molecule has 0 radical (unpaired) electrons. The Balaban J connectivity index is 2.20. The molecule has 1 unspecified atom stereocenters. The average molecular weight is 231 g/mol. The lowest BCUT2D eigenvalue weighted by Gasteiger charge is -2.14. The molecule has 17 heavy (non-hydrogen) atoms. The lowest BCUT2D eigenvalue weighted by molar-refractivity contribution is 0.419. The molecule has 1 saturated heterocycles. The SMILES string of the molecule is COc1cccc2c1nc(C)n2C1CCNC1. The van der Waals surface area contributed by atoms with E-state index in [1.807, 2.05) is 12.1 Å². The topological polar surface area (TPSA) is 39.1 Å². The van der Waals surface area contributed by atoms with Crippen molar-refractivity contribution in [2.75, 3.05) is 20.2 Å². The van der Waals surface area contributed by atoms with Gasteiger partial charge in [-0.3, -0.25) is 0 Å². The minimum atomic E-state index is 0.520. The zero-order valence-corrected chi connectivity index (χ0v) is 10.2. The summed E-state index contributed by atoms with van der Waals surface area (Å²) in [7, 11) is 1.69. The van der Waals surface area contributed by atoms with Gasteiger partial charge in [-0.2, -0.15) is 0 Å². The Labute approximate surface area is 101 Å². The fraction of sp³-hybridized carbons (Fsp3) is 0.462. The maximum atomic E-state index is 5.37. The van der Waals surface area contributed by atoms with Crippen LogP contribution < -0.4 is 10.1 Å². The molecule has 2 heterocycles. The molecule has 90 valence electrons. The van der Waals surface area contributed by atoms with Crippen LogP contribution in [0.5, 0.6) is 5.75 Å². The third-order valence-electron chi connectivity index (χ3n) is 3.48. The maximum Gasteiger partial charge on any atom is 0.146 e. The van der Waals surface area contributed by atoms with Gasteiger partial charge in [-0.25, -0.2) is 4.98 Å². The van der Waals surface area contributed by atoms with Crippen molar-refractivity contribution in [1.29, 1.82) is 0 Å². The second-order valence-electron chi connectivity index (χ2n) is 4.50. The molecule has 1 aromatic carbocycles. The number of para-hydroxylation sites is 1. The van der Waals surface area contributed by atoms with Crippen LogP contribution in [0.3, 0.4) is 0 Å². The fourth-order valence-electron chi connectivity index (χ4n) is 2.69. The summed E-state index contributed by atoms with van der Waals surface area (Å²) >= 11 is 0. The van der Waals surface area contributed by atoms with Crippen LogP contribution in [-0.2, 0) is 0 Å². The van der Waals surface area contributed by atoms with Crippen LogP contribution in [0.15, 0.2) is 18.2 Å². The molecule has 3 rings (SSSR count). The molecule has 1 aliphatic heterocycles. The molecule has 0 spiro atoms. The largest absolute Gasteiger partial charge is 0.494 e. The highest BCUT2D eigenvalue weighted by molar-refractivity contribution is 5.82. The molecule has 1 aliphatic rings. The zero-order chi connectivity index (χ0) is 11.8. The number of fused-ring (bicyclic) bond motifs is 1. The first-order valence-electron chi connectivity index (χ1n) is 6.03. The third-order valence-corrected chi connectivity index (χ3v) is 3.48. The first-order valence-corrected chi connectivity index (χ1v) is 6.03. The van der Waals surface area contributed by atoms with E-state index < -0.39 is 0 Å². The van der Waals surface area contributed by atoms with Crippen LogP contribution in [0.4, 0.5) is 0 Å². The second kappa shape index (κ2) is 4.04. The third kappa shape index (κ3) is 1.60. The molecular formula is C13H17N3O. The Morgan fingerprint density at radius 3 is 3.06 bits per heavy atom. The predicted molar refractivity (Wildman–Crippen MR) is 67.5 cm³/mol. The van der Waals surface area contributed by atoms with Gasteiger partial charge in [-0.05, 0) is 32.0 Å². The van der Waals surface area contributed by atoms with Crippen molar-refractivity contribution >= 4 is 11.0 Å². The minimum Gasteiger partial charge on any atom is -0.494 e. The van der Waals surface area contributed by atoms with Crippen LogP contribution in [0.1, 0.15) is 18.3 Å². The van der Waals surface area contributed by atoms with E-state index in [0.717, 1.165) is 30.2 Å². The standard InChI is InChI=1S/C13H17N3O/c1-9-15-13-11(4-3-5-12(13)17-2)16(9)10-6-7-14-8-10/h3-5,10,14H,6-8H2,1-2H3. The number of benzene rings is 1. The van der Waals surface area contributed by atoms with E-state index in [0.29, 0.717) is 6.04 Å². The van der Waals surface area contributed by atoms with Crippen LogP contribution in [0.25, 0.3) is 11.0 Å². The molecule has 1 atom stereocenters. The molecule has 0 bridgehead atoms. The summed E-state index contributed by atoms with van der Waals surface area (Å²) in [6.07, 6.45) is 1.17. The minimum absolute atomic E-state index is 0.520. The Morgan fingerprint density at radius 1 is 1.47 bits per heavy atom. The van der Waals surface area contributed by atoms with E-state index in [1.165, 1.54) is 11.9 Å². The molecule has 1 fully saturated rings. The number of rotatable bonds is 2. The Kier molecular flexibility index (Phi) is 2.52. The highest BCUT2D eigenvalue weighted by Crippen LogP contribution is 2.29. The van der Waals surface area contributed by atoms with Crippen LogP contribution >= 0.6 is 0 Å². The van der Waals surface area contributed by atoms with Crippen molar-refractivity contribution < 1.29 is 4.74 Å². The highest BCUT2D eigenvalue weighted by Gasteiger charge is 2.21. The molecule has 1 aromatic heterocycles. The van der Waals surface area contributed by atoms with Gasteiger partial charge < -0.3 is 14.6 Å². The normalized spacial score (nSPS) is 20.0. The number of hydrogen-bond acceptors (Lipinski definition) is 3. The van der Waals surface area contributed by atoms with E-state index in [9.17, 15) is 0 Å². The van der Waals surface area contributed by atoms with E-state index in [4.69, 9.17) is 4.74 Å². The summed E-state index contributed by atoms with van der Waals surface area (Å²) in [6.45, 7) is 4.19. The smallest absolute Gasteiger partial charge is 0.146 e. The Morgan fingerprint density at radius 2 is 2.35 bits per heavy atom. The molecule has 1 N–H and O–H groups in total. The van der Waals surface area contributed by atoms with Crippen molar-refractivity contribution in [3.8, 4) is 5.75 Å². The molecule has 4 nitrogen and oxygen atoms in total. The van der Waals surface area contributed by atoms with E-state index in [1.54, 1.807) is 7.11 Å². The summed E-state index contributed by atoms with van der Waals surface area (Å²) < 4.78 is 7.70. The molecule has 0 aliphatic carbocycles. The number of ether oxygens (including phenoxy) is 1. The van der Waals surface area contributed by atoms with Crippen molar-refractivity contribution in [3.05, 3.63) is 24.0 Å². The maximum absolute atomic E-state index is 5.37. The van der Waals surface area contributed by atoms with Gasteiger partial charge in [0.2, 0.25) is 0 Å². The van der Waals surface area contributed by atoms with Crippen molar-refractivity contribution in [2.45, 2.75) is 19.4 Å². The van der Waals surface area contributed by atoms with Crippen LogP contribution in [-0.4, -0.2) is 29.8 Å². The van der Waals surface area contributed by atoms with Gasteiger partial charge in [0.1, 0.15) is 17.1 Å². The summed E-state index contributed by atoms with van der Waals surface area (Å²) in [6, 6.07) is 6.63. The lowest BCUT2D eigenvalue weighted by atomic mass is 10.2. The van der Waals surface area contributed by atoms with Gasteiger partial charge in [0.25, 0.3) is 0 Å².